The molecule has 1 heterocycles. The van der Waals surface area contributed by atoms with Crippen LogP contribution in [0.25, 0.3) is 0 Å². The highest BCUT2D eigenvalue weighted by molar-refractivity contribution is 6.97. The second kappa shape index (κ2) is 11.5. The molecular weight excluding hydrogens is 432 g/mol. The maximum atomic E-state index is 7.21. The van der Waals surface area contributed by atoms with Crippen molar-refractivity contribution in [2.24, 2.45) is 0 Å². The van der Waals surface area contributed by atoms with Crippen LogP contribution in [-0.2, 0) is 26.6 Å². The topological polar surface area (TPSA) is 55.4 Å². The monoisotopic (exact) mass is 480 g/mol. The first-order valence-electron chi connectivity index (χ1n) is 11.8. The maximum absolute atomic E-state index is 7.21. The van der Waals surface area contributed by atoms with E-state index in [1.807, 2.05) is 20.8 Å². The smallest absolute Gasteiger partial charge is 0.352 e. The molecule has 0 radical (unpaired) electrons. The average molecular weight is 481 g/mol. The van der Waals surface area contributed by atoms with E-state index in [2.05, 4.69) is 62.3 Å². The van der Waals surface area contributed by atoms with E-state index in [9.17, 15) is 0 Å². The molecule has 0 saturated carbocycles. The maximum Gasteiger partial charge on any atom is 0.352 e. The van der Waals surface area contributed by atoms with Crippen molar-refractivity contribution >= 4 is 25.7 Å². The SMILES string of the molecule is CCOC(C)[Si]1(C(C)C)O[Si](C(C)C)(C(C)OCC)O[Si](C(C)C)(C(C)OCC)O1. The minimum absolute atomic E-state index is 0.106. The molecule has 0 amide bonds. The Bertz CT molecular complexity index is 440. The van der Waals surface area contributed by atoms with Gasteiger partial charge in [-0.1, -0.05) is 41.5 Å². The van der Waals surface area contributed by atoms with E-state index in [1.54, 1.807) is 0 Å². The largest absolute Gasteiger partial charge is 0.412 e. The third-order valence-electron chi connectivity index (χ3n) is 6.32. The van der Waals surface area contributed by atoms with Crippen molar-refractivity contribution in [3.63, 3.8) is 0 Å². The van der Waals surface area contributed by atoms with E-state index >= 15 is 0 Å². The van der Waals surface area contributed by atoms with Gasteiger partial charge in [0.05, 0.1) is 17.2 Å². The van der Waals surface area contributed by atoms with Gasteiger partial charge in [-0.05, 0) is 58.2 Å². The van der Waals surface area contributed by atoms with Gasteiger partial charge in [-0.15, -0.1) is 0 Å². The van der Waals surface area contributed by atoms with Gasteiger partial charge >= 0.3 is 25.7 Å². The minimum atomic E-state index is -2.85. The zero-order valence-electron chi connectivity index (χ0n) is 21.5. The van der Waals surface area contributed by atoms with E-state index in [0.29, 0.717) is 19.8 Å². The third kappa shape index (κ3) is 5.31. The second-order valence-corrected chi connectivity index (χ2v) is 21.9. The molecule has 0 aromatic heterocycles. The highest BCUT2D eigenvalue weighted by Gasteiger charge is 2.71. The Morgan fingerprint density at radius 2 is 0.667 bits per heavy atom. The molecule has 30 heavy (non-hydrogen) atoms. The van der Waals surface area contributed by atoms with Crippen molar-refractivity contribution in [1.82, 2.24) is 0 Å². The van der Waals surface area contributed by atoms with Gasteiger partial charge in [0, 0.05) is 19.8 Å². The fraction of sp³-hybridized carbons (Fsp3) is 1.00. The predicted octanol–water partition coefficient (Wildman–Crippen LogP) is 5.50. The van der Waals surface area contributed by atoms with Gasteiger partial charge in [-0.2, -0.15) is 0 Å². The molecule has 0 aromatic carbocycles. The molecule has 1 rings (SSSR count). The van der Waals surface area contributed by atoms with Crippen LogP contribution in [-0.4, -0.2) is 62.7 Å². The Balaban J connectivity index is 3.80. The van der Waals surface area contributed by atoms with Gasteiger partial charge in [0.1, 0.15) is 0 Å². The van der Waals surface area contributed by atoms with Crippen LogP contribution < -0.4 is 0 Å². The van der Waals surface area contributed by atoms with Crippen molar-refractivity contribution in [2.75, 3.05) is 19.8 Å². The van der Waals surface area contributed by atoms with Crippen molar-refractivity contribution in [3.8, 4) is 0 Å². The lowest BCUT2D eigenvalue weighted by Crippen LogP contribution is -2.81. The van der Waals surface area contributed by atoms with Crippen LogP contribution in [0, 0.1) is 0 Å². The number of rotatable bonds is 12. The average Bonchev–Trinajstić information content (AvgIpc) is 2.67. The Morgan fingerprint density at radius 3 is 0.800 bits per heavy atom. The van der Waals surface area contributed by atoms with E-state index in [-0.39, 0.29) is 33.8 Å². The lowest BCUT2D eigenvalue weighted by molar-refractivity contribution is 0.0273. The normalized spacial score (nSPS) is 33.3. The Morgan fingerprint density at radius 1 is 0.467 bits per heavy atom. The molecule has 0 N–H and O–H groups in total. The lowest BCUT2D eigenvalue weighted by Gasteiger charge is -2.60. The molecule has 180 valence electrons. The highest BCUT2D eigenvalue weighted by Crippen LogP contribution is 2.49. The fourth-order valence-corrected chi connectivity index (χ4v) is 25.8. The van der Waals surface area contributed by atoms with Crippen molar-refractivity contribution in [1.29, 1.82) is 0 Å². The van der Waals surface area contributed by atoms with Crippen LogP contribution in [0.1, 0.15) is 83.1 Å². The molecule has 1 fully saturated rings. The summed E-state index contributed by atoms with van der Waals surface area (Å²) in [7, 11) is -8.54. The van der Waals surface area contributed by atoms with E-state index in [4.69, 9.17) is 26.6 Å². The molecule has 3 atom stereocenters. The van der Waals surface area contributed by atoms with Gasteiger partial charge in [0.2, 0.25) is 0 Å². The van der Waals surface area contributed by atoms with E-state index in [1.165, 1.54) is 0 Å². The first-order valence-corrected chi connectivity index (χ1v) is 17.8. The summed E-state index contributed by atoms with van der Waals surface area (Å²) in [4.78, 5) is 0. The minimum Gasteiger partial charge on any atom is -0.412 e. The molecule has 1 aliphatic heterocycles. The number of hydrogen-bond donors (Lipinski definition) is 0. The molecule has 0 bridgehead atoms. The van der Waals surface area contributed by atoms with Gasteiger partial charge in [-0.25, -0.2) is 0 Å². The van der Waals surface area contributed by atoms with Crippen molar-refractivity contribution in [3.05, 3.63) is 0 Å². The Kier molecular flexibility index (Phi) is 10.9. The molecular formula is C21H48O6Si3. The van der Waals surface area contributed by atoms with Crippen LogP contribution in [0.5, 0.6) is 0 Å². The summed E-state index contributed by atoms with van der Waals surface area (Å²) in [6.45, 7) is 27.6. The summed E-state index contributed by atoms with van der Waals surface area (Å²) in [6, 6.07) is 0. The first kappa shape index (κ1) is 28.4. The molecule has 9 heteroatoms. The lowest BCUT2D eigenvalue weighted by atomic mass is 10.6. The zero-order chi connectivity index (χ0) is 23.3. The highest BCUT2D eigenvalue weighted by atomic mass is 28.5. The van der Waals surface area contributed by atoms with Gasteiger partial charge in [0.25, 0.3) is 0 Å². The molecule has 0 aliphatic carbocycles. The molecule has 1 aliphatic rings. The summed E-state index contributed by atoms with van der Waals surface area (Å²) in [6.07, 6.45) is 0. The first-order chi connectivity index (χ1) is 13.9. The quantitative estimate of drug-likeness (QED) is 0.344. The predicted molar refractivity (Wildman–Crippen MR) is 129 cm³/mol. The summed E-state index contributed by atoms with van der Waals surface area (Å²) >= 11 is 0. The molecule has 0 aromatic rings. The van der Waals surface area contributed by atoms with Gasteiger partial charge < -0.3 is 26.6 Å². The van der Waals surface area contributed by atoms with Crippen LogP contribution >= 0.6 is 0 Å². The van der Waals surface area contributed by atoms with Gasteiger partial charge in [-0.3, -0.25) is 0 Å². The molecule has 3 unspecified atom stereocenters. The third-order valence-corrected chi connectivity index (χ3v) is 22.7. The van der Waals surface area contributed by atoms with Crippen molar-refractivity contribution in [2.45, 2.75) is 117 Å². The van der Waals surface area contributed by atoms with Crippen LogP contribution in [0.15, 0.2) is 0 Å². The zero-order valence-corrected chi connectivity index (χ0v) is 24.5. The summed E-state index contributed by atoms with van der Waals surface area (Å²) in [5.74, 6) is 0. The van der Waals surface area contributed by atoms with Crippen LogP contribution in [0.4, 0.5) is 0 Å². The number of hydrogen-bond acceptors (Lipinski definition) is 6. The van der Waals surface area contributed by atoms with Crippen LogP contribution in [0.2, 0.25) is 16.6 Å². The van der Waals surface area contributed by atoms with E-state index in [0.717, 1.165) is 0 Å². The van der Waals surface area contributed by atoms with Crippen LogP contribution in [0.3, 0.4) is 0 Å². The summed E-state index contributed by atoms with van der Waals surface area (Å²) in [5, 5.41) is 0. The standard InChI is InChI=1S/C21H48O6Si3/c1-13-22-19(10)28(16(4)5)25-29(17(6)7,20(11)23-14-2)27-30(26-28,18(8)9)21(12)24-15-3/h16-21H,13-15H2,1-12H3. The second-order valence-electron chi connectivity index (χ2n) is 9.23. The van der Waals surface area contributed by atoms with E-state index < -0.39 is 25.7 Å². The number of ether oxygens (including phenoxy) is 3. The molecule has 1 saturated heterocycles. The molecule has 6 nitrogen and oxygen atoms in total. The summed E-state index contributed by atoms with van der Waals surface area (Å²) in [5.41, 5.74) is 0.312. The fourth-order valence-electron chi connectivity index (χ4n) is 4.52. The Labute approximate surface area is 189 Å². The Hall–Kier alpha value is 0.411. The molecule has 0 spiro atoms. The van der Waals surface area contributed by atoms with Crippen molar-refractivity contribution < 1.29 is 26.6 Å². The summed E-state index contributed by atoms with van der Waals surface area (Å²) < 4.78 is 40.2. The van der Waals surface area contributed by atoms with Gasteiger partial charge in [0.15, 0.2) is 0 Å².